The number of unbranched alkanes of at least 4 members (excludes halogenated alkanes) is 10. The minimum Gasteiger partial charge on any atom is -0.360 e. The molecule has 0 bridgehead atoms. The fourth-order valence-electron chi connectivity index (χ4n) is 7.77. The van der Waals surface area contributed by atoms with Crippen molar-refractivity contribution < 1.29 is 23.7 Å². The third kappa shape index (κ3) is 12.7. The van der Waals surface area contributed by atoms with Gasteiger partial charge in [0.15, 0.2) is 11.6 Å². The number of hydrogen-bond donors (Lipinski definition) is 0. The van der Waals surface area contributed by atoms with Gasteiger partial charge in [0.1, 0.15) is 36.1 Å². The maximum absolute atomic E-state index is 7.18. The van der Waals surface area contributed by atoms with Gasteiger partial charge < -0.3 is 23.7 Å². The Balaban J connectivity index is 1.17. The monoisotopic (exact) mass is 779 g/mol. The molecule has 4 aromatic rings. The van der Waals surface area contributed by atoms with Gasteiger partial charge in [0.2, 0.25) is 0 Å². The van der Waals surface area contributed by atoms with Gasteiger partial charge in [-0.3, -0.25) is 0 Å². The van der Waals surface area contributed by atoms with Crippen LogP contribution in [0.25, 0.3) is 22.3 Å². The molecule has 0 N–H and O–H groups in total. The summed E-state index contributed by atoms with van der Waals surface area (Å²) in [5, 5.41) is 0. The third-order valence-electron chi connectivity index (χ3n) is 11.1. The lowest BCUT2D eigenvalue weighted by Gasteiger charge is -2.32. The first-order valence-corrected chi connectivity index (χ1v) is 21.7. The van der Waals surface area contributed by atoms with E-state index in [0.717, 1.165) is 70.7 Å². The van der Waals surface area contributed by atoms with E-state index in [-0.39, 0.29) is 12.2 Å². The van der Waals surface area contributed by atoms with Crippen molar-refractivity contribution in [1.29, 1.82) is 0 Å². The van der Waals surface area contributed by atoms with Crippen LogP contribution in [0.1, 0.15) is 154 Å². The summed E-state index contributed by atoms with van der Waals surface area (Å²) >= 11 is 0. The molecule has 0 spiro atoms. The number of aromatic nitrogens is 4. The van der Waals surface area contributed by atoms with Crippen molar-refractivity contribution >= 4 is 0 Å². The molecule has 4 atom stereocenters. The van der Waals surface area contributed by atoms with Crippen LogP contribution in [0.3, 0.4) is 0 Å². The molecule has 2 aromatic heterocycles. The van der Waals surface area contributed by atoms with Gasteiger partial charge in [-0.05, 0) is 62.8 Å². The SMILES string of the molecule is CCCCCCCCc1ncc(-c2ccc([C@H](O[C@@H](c3ccc(-c4cnc(CCCCCCCC)nc4)cc3)C3COC(C)(C)O3)C3COC(C)(C)O3)cc2)cn1. The summed E-state index contributed by atoms with van der Waals surface area (Å²) in [6, 6.07) is 16.9. The maximum Gasteiger partial charge on any atom is 0.163 e. The zero-order valence-corrected chi connectivity index (χ0v) is 35.4. The smallest absolute Gasteiger partial charge is 0.163 e. The fourth-order valence-corrected chi connectivity index (χ4v) is 7.77. The number of ether oxygens (including phenoxy) is 5. The number of nitrogens with zero attached hydrogens (tertiary/aromatic N) is 4. The van der Waals surface area contributed by atoms with E-state index < -0.39 is 23.8 Å². The Labute approximate surface area is 341 Å². The number of rotatable bonds is 22. The van der Waals surface area contributed by atoms with Gasteiger partial charge >= 0.3 is 0 Å². The molecule has 2 unspecified atom stereocenters. The van der Waals surface area contributed by atoms with Crippen LogP contribution in [0.5, 0.6) is 0 Å². The lowest BCUT2D eigenvalue weighted by Crippen LogP contribution is -2.33. The summed E-state index contributed by atoms with van der Waals surface area (Å²) in [6.07, 6.45) is 23.1. The summed E-state index contributed by atoms with van der Waals surface area (Å²) in [5.74, 6) is 0.370. The Hall–Kier alpha value is -3.60. The van der Waals surface area contributed by atoms with Crippen molar-refractivity contribution in [2.45, 2.75) is 167 Å². The Bertz CT molecular complexity index is 1630. The second kappa shape index (κ2) is 20.9. The average Bonchev–Trinajstić information content (AvgIpc) is 3.78. The van der Waals surface area contributed by atoms with Crippen molar-refractivity contribution in [3.8, 4) is 22.3 Å². The number of aryl methyl sites for hydroxylation is 2. The molecule has 9 nitrogen and oxygen atoms in total. The van der Waals surface area contributed by atoms with Crippen molar-refractivity contribution in [3.05, 3.63) is 96.1 Å². The highest BCUT2D eigenvalue weighted by molar-refractivity contribution is 5.62. The van der Waals surface area contributed by atoms with Crippen LogP contribution in [0, 0.1) is 0 Å². The van der Waals surface area contributed by atoms with Gasteiger partial charge in [0, 0.05) is 48.8 Å². The van der Waals surface area contributed by atoms with E-state index in [1.165, 1.54) is 64.2 Å². The highest BCUT2D eigenvalue weighted by Crippen LogP contribution is 2.41. The maximum atomic E-state index is 7.18. The van der Waals surface area contributed by atoms with E-state index in [2.05, 4.69) is 62.4 Å². The largest absolute Gasteiger partial charge is 0.360 e. The van der Waals surface area contributed by atoms with Crippen LogP contribution in [0.15, 0.2) is 73.3 Å². The molecule has 4 heterocycles. The molecule has 6 rings (SSSR count). The summed E-state index contributed by atoms with van der Waals surface area (Å²) in [4.78, 5) is 18.8. The van der Waals surface area contributed by atoms with Crippen molar-refractivity contribution in [1.82, 2.24) is 19.9 Å². The van der Waals surface area contributed by atoms with Crippen LogP contribution in [-0.2, 0) is 36.5 Å². The van der Waals surface area contributed by atoms with Gasteiger partial charge in [-0.2, -0.15) is 0 Å². The quantitative estimate of drug-likeness (QED) is 0.0722. The Kier molecular flexibility index (Phi) is 15.8. The minimum atomic E-state index is -0.723. The molecule has 0 aliphatic carbocycles. The van der Waals surface area contributed by atoms with E-state index >= 15 is 0 Å². The topological polar surface area (TPSA) is 97.7 Å². The molecule has 0 saturated carbocycles. The first-order valence-electron chi connectivity index (χ1n) is 21.7. The average molecular weight is 779 g/mol. The Morgan fingerprint density at radius 1 is 0.509 bits per heavy atom. The molecule has 308 valence electrons. The summed E-state index contributed by atoms with van der Waals surface area (Å²) in [7, 11) is 0. The molecule has 57 heavy (non-hydrogen) atoms. The molecule has 2 fully saturated rings. The van der Waals surface area contributed by atoms with E-state index in [4.69, 9.17) is 43.6 Å². The molecule has 2 aliphatic rings. The second-order valence-electron chi connectivity index (χ2n) is 16.8. The molecular weight excluding hydrogens is 713 g/mol. The van der Waals surface area contributed by atoms with Gasteiger partial charge in [0.05, 0.1) is 13.2 Å². The van der Waals surface area contributed by atoms with E-state index in [0.29, 0.717) is 13.2 Å². The first kappa shape index (κ1) is 43.0. The van der Waals surface area contributed by atoms with Gasteiger partial charge in [-0.15, -0.1) is 0 Å². The summed E-state index contributed by atoms with van der Waals surface area (Å²) in [6.45, 7) is 13.1. The van der Waals surface area contributed by atoms with Crippen molar-refractivity contribution in [2.24, 2.45) is 0 Å². The Morgan fingerprint density at radius 3 is 1.19 bits per heavy atom. The number of hydrogen-bond acceptors (Lipinski definition) is 9. The molecule has 2 saturated heterocycles. The summed E-state index contributed by atoms with van der Waals surface area (Å²) in [5.41, 5.74) is 6.05. The van der Waals surface area contributed by atoms with Crippen LogP contribution in [0.4, 0.5) is 0 Å². The normalized spacial score (nSPS) is 19.8. The van der Waals surface area contributed by atoms with Gasteiger partial charge in [-0.1, -0.05) is 127 Å². The predicted molar refractivity (Wildman–Crippen MR) is 225 cm³/mol. The van der Waals surface area contributed by atoms with E-state index in [9.17, 15) is 0 Å². The lowest BCUT2D eigenvalue weighted by molar-refractivity contribution is -0.187. The third-order valence-corrected chi connectivity index (χ3v) is 11.1. The zero-order valence-electron chi connectivity index (χ0n) is 35.4. The van der Waals surface area contributed by atoms with E-state index in [1.807, 2.05) is 52.5 Å². The Morgan fingerprint density at radius 2 is 0.860 bits per heavy atom. The van der Waals surface area contributed by atoms with Crippen LogP contribution < -0.4 is 0 Å². The molecular formula is C48H66N4O5. The fraction of sp³-hybridized carbons (Fsp3) is 0.583. The van der Waals surface area contributed by atoms with Crippen LogP contribution in [-0.4, -0.2) is 56.9 Å². The van der Waals surface area contributed by atoms with Crippen LogP contribution >= 0.6 is 0 Å². The van der Waals surface area contributed by atoms with Gasteiger partial charge in [0.25, 0.3) is 0 Å². The standard InChI is InChI=1S/C48H66N4O5/c1-7-9-11-13-15-17-19-43-49-29-39(30-50-43)35-21-25-37(26-22-35)45(41-33-53-47(3,4)56-41)55-46(42-34-54-48(5,6)57-42)38-27-23-36(24-28-38)40-31-51-44(52-32-40)20-18-16-14-12-10-8-2/h21-32,41-42,45-46H,7-20,33-34H2,1-6H3/t41?,42?,45-,46-/m0/s1. The lowest BCUT2D eigenvalue weighted by atomic mass is 9.98. The molecule has 2 aliphatic heterocycles. The highest BCUT2D eigenvalue weighted by Gasteiger charge is 2.44. The van der Waals surface area contributed by atoms with Crippen molar-refractivity contribution in [2.75, 3.05) is 13.2 Å². The first-order chi connectivity index (χ1) is 27.6. The highest BCUT2D eigenvalue weighted by atomic mass is 16.8. The van der Waals surface area contributed by atoms with Crippen LogP contribution in [0.2, 0.25) is 0 Å². The second-order valence-corrected chi connectivity index (χ2v) is 16.8. The molecule has 0 radical (unpaired) electrons. The molecule has 9 heteroatoms. The molecule has 2 aromatic carbocycles. The van der Waals surface area contributed by atoms with Gasteiger partial charge in [-0.25, -0.2) is 19.9 Å². The number of benzene rings is 2. The molecule has 0 amide bonds. The van der Waals surface area contributed by atoms with Crippen molar-refractivity contribution in [3.63, 3.8) is 0 Å². The zero-order chi connectivity index (χ0) is 40.1. The summed E-state index contributed by atoms with van der Waals surface area (Å²) < 4.78 is 32.3. The van der Waals surface area contributed by atoms with E-state index in [1.54, 1.807) is 0 Å². The minimum absolute atomic E-state index is 0.334. The predicted octanol–water partition coefficient (Wildman–Crippen LogP) is 11.5.